The number of carbonyl (C=O) groups is 1. The smallest absolute Gasteiger partial charge is 0.308 e. The molecular weight excluding hydrogens is 256 g/mol. The Morgan fingerprint density at radius 2 is 2.05 bits per heavy atom. The van der Waals surface area contributed by atoms with Crippen molar-refractivity contribution in [2.75, 3.05) is 10.6 Å². The fourth-order valence-corrected chi connectivity index (χ4v) is 1.85. The summed E-state index contributed by atoms with van der Waals surface area (Å²) in [5.41, 5.74) is 2.92. The van der Waals surface area contributed by atoms with Gasteiger partial charge in [-0.25, -0.2) is 9.48 Å². The van der Waals surface area contributed by atoms with Crippen LogP contribution in [0.2, 0.25) is 0 Å². The van der Waals surface area contributed by atoms with E-state index < -0.39 is 0 Å². The lowest BCUT2D eigenvalue weighted by Crippen LogP contribution is -2.19. The first-order valence-corrected chi connectivity index (χ1v) is 6.00. The Labute approximate surface area is 114 Å². The number of benzene rings is 1. The highest BCUT2D eigenvalue weighted by molar-refractivity contribution is 6.00. The topological polar surface area (TPSA) is 84.7 Å². The quantitative estimate of drug-likeness (QED) is 0.744. The van der Waals surface area contributed by atoms with Crippen molar-refractivity contribution in [2.24, 2.45) is 7.05 Å². The lowest BCUT2D eigenvalue weighted by atomic mass is 10.3. The maximum atomic E-state index is 11.8. The zero-order chi connectivity index (χ0) is 13.9. The number of hydrogen-bond acceptors (Lipinski definition) is 4. The van der Waals surface area contributed by atoms with Crippen LogP contribution in [0, 0.1) is 0 Å². The van der Waals surface area contributed by atoms with E-state index in [1.54, 1.807) is 41.3 Å². The monoisotopic (exact) mass is 268 g/mol. The highest BCUT2D eigenvalue weighted by Gasteiger charge is 2.06. The number of nitrogens with one attached hydrogen (secondary N) is 2. The minimum Gasteiger partial charge on any atom is -0.308 e. The molecule has 0 unspecified atom stereocenters. The molecule has 1 aromatic carbocycles. The molecule has 7 heteroatoms. The molecule has 3 aromatic rings. The van der Waals surface area contributed by atoms with Crippen LogP contribution in [-0.2, 0) is 7.05 Å². The zero-order valence-corrected chi connectivity index (χ0v) is 10.7. The van der Waals surface area contributed by atoms with E-state index in [0.29, 0.717) is 11.4 Å². The molecule has 3 rings (SSSR count). The third-order valence-corrected chi connectivity index (χ3v) is 2.79. The maximum Gasteiger partial charge on any atom is 0.323 e. The average molecular weight is 268 g/mol. The van der Waals surface area contributed by atoms with Crippen LogP contribution in [0.3, 0.4) is 0 Å². The number of urea groups is 1. The summed E-state index contributed by atoms with van der Waals surface area (Å²) in [6.07, 6.45) is 3.22. The molecule has 2 heterocycles. The van der Waals surface area contributed by atoms with Gasteiger partial charge in [0.25, 0.3) is 0 Å². The van der Waals surface area contributed by atoms with E-state index in [0.717, 1.165) is 11.0 Å². The summed E-state index contributed by atoms with van der Waals surface area (Å²) < 4.78 is 1.68. The van der Waals surface area contributed by atoms with Crippen LogP contribution in [0.4, 0.5) is 16.2 Å². The fraction of sp³-hybridized carbons (Fsp3) is 0.0769. The Hall–Kier alpha value is -2.96. The summed E-state index contributed by atoms with van der Waals surface area (Å²) in [6.45, 7) is 0. The van der Waals surface area contributed by atoms with Gasteiger partial charge < -0.3 is 10.6 Å². The zero-order valence-electron chi connectivity index (χ0n) is 10.7. The van der Waals surface area contributed by atoms with Gasteiger partial charge in [0.15, 0.2) is 0 Å². The predicted molar refractivity (Wildman–Crippen MR) is 75.4 cm³/mol. The number of pyridine rings is 1. The van der Waals surface area contributed by atoms with E-state index in [-0.39, 0.29) is 6.03 Å². The van der Waals surface area contributed by atoms with E-state index >= 15 is 0 Å². The summed E-state index contributed by atoms with van der Waals surface area (Å²) in [5, 5.41) is 13.3. The van der Waals surface area contributed by atoms with Crippen molar-refractivity contribution in [3.8, 4) is 0 Å². The molecule has 100 valence electrons. The molecule has 0 atom stereocenters. The van der Waals surface area contributed by atoms with E-state index in [1.807, 2.05) is 13.1 Å². The van der Waals surface area contributed by atoms with Gasteiger partial charge in [-0.05, 0) is 30.3 Å². The Balaban J connectivity index is 1.74. The van der Waals surface area contributed by atoms with Crippen molar-refractivity contribution in [3.63, 3.8) is 0 Å². The molecule has 0 aliphatic heterocycles. The third-order valence-electron chi connectivity index (χ3n) is 2.79. The summed E-state index contributed by atoms with van der Waals surface area (Å²) in [5.74, 6) is 0. The molecule has 0 radical (unpaired) electrons. The molecule has 2 aromatic heterocycles. The molecule has 2 amide bonds. The molecule has 0 aliphatic carbocycles. The summed E-state index contributed by atoms with van der Waals surface area (Å²) in [4.78, 5) is 15.8. The third kappa shape index (κ3) is 2.41. The first kappa shape index (κ1) is 12.1. The summed E-state index contributed by atoms with van der Waals surface area (Å²) in [7, 11) is 1.82. The van der Waals surface area contributed by atoms with E-state index in [1.165, 1.54) is 0 Å². The first-order valence-electron chi connectivity index (χ1n) is 6.00. The van der Waals surface area contributed by atoms with Crippen molar-refractivity contribution in [2.45, 2.75) is 0 Å². The van der Waals surface area contributed by atoms with E-state index in [2.05, 4.69) is 25.9 Å². The largest absolute Gasteiger partial charge is 0.323 e. The Morgan fingerprint density at radius 1 is 1.20 bits per heavy atom. The molecule has 7 nitrogen and oxygen atoms in total. The number of aromatic nitrogens is 4. The number of fused-ring (bicyclic) bond motifs is 1. The lowest BCUT2D eigenvalue weighted by molar-refractivity contribution is 0.262. The predicted octanol–water partition coefficient (Wildman–Crippen LogP) is 2.01. The van der Waals surface area contributed by atoms with Gasteiger partial charge in [0.1, 0.15) is 5.52 Å². The number of amides is 2. The molecular formula is C13H12N6O. The Morgan fingerprint density at radius 3 is 2.85 bits per heavy atom. The van der Waals surface area contributed by atoms with Gasteiger partial charge in [0.2, 0.25) is 0 Å². The van der Waals surface area contributed by atoms with Crippen LogP contribution in [0.25, 0.3) is 11.0 Å². The molecule has 20 heavy (non-hydrogen) atoms. The second-order valence-electron chi connectivity index (χ2n) is 4.24. The average Bonchev–Trinajstić information content (AvgIpc) is 2.81. The molecule has 0 saturated carbocycles. The minimum atomic E-state index is -0.332. The highest BCUT2D eigenvalue weighted by atomic mass is 16.2. The molecule has 0 fully saturated rings. The highest BCUT2D eigenvalue weighted by Crippen LogP contribution is 2.16. The number of rotatable bonds is 2. The van der Waals surface area contributed by atoms with E-state index in [4.69, 9.17) is 0 Å². The van der Waals surface area contributed by atoms with E-state index in [9.17, 15) is 4.79 Å². The van der Waals surface area contributed by atoms with Crippen molar-refractivity contribution in [1.82, 2.24) is 20.0 Å². The minimum absolute atomic E-state index is 0.332. The molecule has 0 saturated heterocycles. The molecule has 0 aliphatic rings. The van der Waals surface area contributed by atoms with Crippen LogP contribution < -0.4 is 10.6 Å². The molecule has 0 spiro atoms. The Kier molecular flexibility index (Phi) is 3.00. The lowest BCUT2D eigenvalue weighted by Gasteiger charge is -2.07. The van der Waals surface area contributed by atoms with Crippen LogP contribution in [0.15, 0.2) is 42.7 Å². The first-order chi connectivity index (χ1) is 9.72. The van der Waals surface area contributed by atoms with Crippen LogP contribution in [0.1, 0.15) is 0 Å². The van der Waals surface area contributed by atoms with Crippen molar-refractivity contribution < 1.29 is 4.79 Å². The second kappa shape index (κ2) is 4.96. The van der Waals surface area contributed by atoms with Gasteiger partial charge in [0.05, 0.1) is 17.4 Å². The summed E-state index contributed by atoms with van der Waals surface area (Å²) >= 11 is 0. The van der Waals surface area contributed by atoms with Gasteiger partial charge in [-0.15, -0.1) is 5.10 Å². The Bertz CT molecular complexity index is 752. The van der Waals surface area contributed by atoms with Crippen molar-refractivity contribution in [3.05, 3.63) is 42.7 Å². The number of anilines is 2. The number of carbonyl (C=O) groups excluding carboxylic acids is 1. The molecule has 2 N–H and O–H groups in total. The van der Waals surface area contributed by atoms with Crippen molar-refractivity contribution >= 4 is 28.4 Å². The van der Waals surface area contributed by atoms with Crippen LogP contribution in [-0.4, -0.2) is 26.0 Å². The number of nitrogens with zero attached hydrogens (tertiary/aromatic N) is 4. The van der Waals surface area contributed by atoms with Gasteiger partial charge in [0, 0.05) is 18.9 Å². The summed E-state index contributed by atoms with van der Waals surface area (Å²) in [6, 6.07) is 8.61. The number of hydrogen-bond donors (Lipinski definition) is 2. The van der Waals surface area contributed by atoms with Crippen molar-refractivity contribution in [1.29, 1.82) is 0 Å². The maximum absolute atomic E-state index is 11.8. The molecule has 0 bridgehead atoms. The SMILES string of the molecule is Cn1nnc2cc(NC(=O)Nc3cccnc3)ccc21. The van der Waals surface area contributed by atoms with Crippen LogP contribution >= 0.6 is 0 Å². The standard InChI is InChI=1S/C13H12N6O/c1-19-12-5-4-9(7-11(12)17-18-19)15-13(20)16-10-3-2-6-14-8-10/h2-8H,1H3,(H2,15,16,20). The van der Waals surface area contributed by atoms with Gasteiger partial charge in [-0.3, -0.25) is 4.98 Å². The van der Waals surface area contributed by atoms with Gasteiger partial charge in [-0.2, -0.15) is 0 Å². The fourth-order valence-electron chi connectivity index (χ4n) is 1.85. The second-order valence-corrected chi connectivity index (χ2v) is 4.24. The van der Waals surface area contributed by atoms with Gasteiger partial charge >= 0.3 is 6.03 Å². The van der Waals surface area contributed by atoms with Crippen LogP contribution in [0.5, 0.6) is 0 Å². The van der Waals surface area contributed by atoms with Gasteiger partial charge in [-0.1, -0.05) is 5.21 Å². The normalized spacial score (nSPS) is 10.4. The number of aryl methyl sites for hydroxylation is 1.